The molecule has 0 bridgehead atoms. The van der Waals surface area contributed by atoms with Gasteiger partial charge in [0.25, 0.3) is 0 Å². The predicted octanol–water partition coefficient (Wildman–Crippen LogP) is 16.4. The molecule has 0 N–H and O–H groups in total. The molecule has 332 valence electrons. The Hall–Kier alpha value is -6.00. The van der Waals surface area contributed by atoms with Crippen LogP contribution >= 0.6 is 0 Å². The maximum absolute atomic E-state index is 5.30. The molecule has 0 spiro atoms. The molecule has 10 rings (SSSR count). The van der Waals surface area contributed by atoms with E-state index in [2.05, 4.69) is 205 Å². The third-order valence-corrected chi connectivity index (χ3v) is 15.5. The number of rotatable bonds is 4. The van der Waals surface area contributed by atoms with Crippen LogP contribution in [-0.4, -0.2) is 19.9 Å². The fraction of sp³-hybridized carbons (Fsp3) is 0.344. The van der Waals surface area contributed by atoms with Crippen molar-refractivity contribution in [3.63, 3.8) is 0 Å². The molecule has 8 aromatic rings. The summed E-state index contributed by atoms with van der Waals surface area (Å²) in [6.07, 6.45) is 1.14. The van der Waals surface area contributed by atoms with E-state index in [0.29, 0.717) is 0 Å². The van der Waals surface area contributed by atoms with Crippen molar-refractivity contribution in [2.75, 3.05) is 0 Å². The van der Waals surface area contributed by atoms with Gasteiger partial charge in [0, 0.05) is 22.3 Å². The molecular formula is C61H68N4. The SMILES string of the molecule is CC.Cc1c2c(cc3nc(-c4ccccc4)c(-c4ccccc4)nc13)C(C)(C)C(C)(C)C2(C)C.Cc1ccc(-c2nc3cc4c(cc3nc2-c2ccc(C)cc2)C(C)(C)CC4(C)C)cc1. The lowest BCUT2D eigenvalue weighted by atomic mass is 9.59. The van der Waals surface area contributed by atoms with Gasteiger partial charge < -0.3 is 0 Å². The molecule has 0 saturated carbocycles. The van der Waals surface area contributed by atoms with Crippen molar-refractivity contribution in [3.05, 3.63) is 166 Å². The van der Waals surface area contributed by atoms with Crippen LogP contribution < -0.4 is 0 Å². The Balaban J connectivity index is 0.000000171. The standard InChI is InChI=1S/C30H32N2.C29H30N2.C2H6/c1-19-24-22(28(2,3)30(6,7)29(24,4)5)18-23-25(19)32-27(21-16-12-9-13-17-21)26(31-23)20-14-10-8-11-15-20;1-18-7-11-20(12-8-18)26-27(21-13-9-19(2)10-14-21)31-25-16-23-22(15-24(25)30-26)28(3,4)17-29(23,5)6;1-2/h8-18H,1-7H3;7-16H,17H2,1-6H3;1-2H3. The van der Waals surface area contributed by atoms with E-state index in [1.165, 1.54) is 38.9 Å². The number of nitrogens with zero attached hydrogens (tertiary/aromatic N) is 4. The molecule has 0 radical (unpaired) electrons. The maximum atomic E-state index is 5.30. The lowest BCUT2D eigenvalue weighted by molar-refractivity contribution is 0.125. The zero-order valence-electron chi connectivity index (χ0n) is 41.6. The average Bonchev–Trinajstić information content (AvgIpc) is 3.53. The van der Waals surface area contributed by atoms with E-state index in [9.17, 15) is 0 Å². The smallest absolute Gasteiger partial charge is 0.0973 e. The molecule has 0 fully saturated rings. The van der Waals surface area contributed by atoms with Crippen LogP contribution in [0.15, 0.2) is 127 Å². The highest BCUT2D eigenvalue weighted by atomic mass is 14.8. The Bertz CT molecular complexity index is 2940. The van der Waals surface area contributed by atoms with Gasteiger partial charge >= 0.3 is 0 Å². The third-order valence-electron chi connectivity index (χ3n) is 15.5. The molecule has 0 atom stereocenters. The van der Waals surface area contributed by atoms with Gasteiger partial charge in [0.05, 0.1) is 44.8 Å². The van der Waals surface area contributed by atoms with Crippen molar-refractivity contribution in [1.82, 2.24) is 19.9 Å². The molecular weight excluding hydrogens is 789 g/mol. The van der Waals surface area contributed by atoms with Crippen LogP contribution in [-0.2, 0) is 21.7 Å². The highest BCUT2D eigenvalue weighted by molar-refractivity contribution is 5.90. The van der Waals surface area contributed by atoms with Gasteiger partial charge in [-0.25, -0.2) is 19.9 Å². The predicted molar refractivity (Wildman–Crippen MR) is 277 cm³/mol. The van der Waals surface area contributed by atoms with Crippen molar-refractivity contribution in [2.24, 2.45) is 5.41 Å². The largest absolute Gasteiger partial charge is 0.244 e. The molecule has 0 saturated heterocycles. The van der Waals surface area contributed by atoms with Gasteiger partial charge in [-0.05, 0) is 100 Å². The summed E-state index contributed by atoms with van der Waals surface area (Å²) in [4.78, 5) is 21.0. The molecule has 2 aliphatic rings. The van der Waals surface area contributed by atoms with E-state index >= 15 is 0 Å². The zero-order chi connectivity index (χ0) is 46.9. The molecule has 65 heavy (non-hydrogen) atoms. The molecule has 0 amide bonds. The second-order valence-corrected chi connectivity index (χ2v) is 21.3. The summed E-state index contributed by atoms with van der Waals surface area (Å²) in [5, 5.41) is 0. The average molecular weight is 857 g/mol. The van der Waals surface area contributed by atoms with Crippen LogP contribution in [0.4, 0.5) is 0 Å². The lowest BCUT2D eigenvalue weighted by Crippen LogP contribution is -2.42. The number of benzene rings is 6. The number of aromatic nitrogens is 4. The highest BCUT2D eigenvalue weighted by Gasteiger charge is 2.57. The van der Waals surface area contributed by atoms with E-state index in [1.807, 2.05) is 26.0 Å². The Morgan fingerprint density at radius 3 is 1.15 bits per heavy atom. The number of aryl methyl sites for hydroxylation is 3. The van der Waals surface area contributed by atoms with Gasteiger partial charge in [0.15, 0.2) is 0 Å². The molecule has 0 unspecified atom stereocenters. The van der Waals surface area contributed by atoms with Crippen LogP contribution in [0.1, 0.15) is 128 Å². The van der Waals surface area contributed by atoms with Crippen LogP contribution in [0, 0.1) is 26.2 Å². The van der Waals surface area contributed by atoms with E-state index in [4.69, 9.17) is 19.9 Å². The van der Waals surface area contributed by atoms with Gasteiger partial charge in [-0.15, -0.1) is 0 Å². The van der Waals surface area contributed by atoms with Crippen LogP contribution in [0.5, 0.6) is 0 Å². The first-order chi connectivity index (χ1) is 30.7. The Morgan fingerprint density at radius 2 is 0.738 bits per heavy atom. The van der Waals surface area contributed by atoms with Crippen molar-refractivity contribution in [2.45, 2.75) is 132 Å². The summed E-state index contributed by atoms with van der Waals surface area (Å²) in [6.45, 7) is 34.2. The number of hydrogen-bond acceptors (Lipinski definition) is 4. The molecule has 2 heterocycles. The lowest BCUT2D eigenvalue weighted by Gasteiger charge is -2.44. The molecule has 2 aromatic heterocycles. The normalized spacial score (nSPS) is 16.8. The topological polar surface area (TPSA) is 51.6 Å². The van der Waals surface area contributed by atoms with Gasteiger partial charge in [-0.3, -0.25) is 0 Å². The minimum absolute atomic E-state index is 0.0385. The van der Waals surface area contributed by atoms with E-state index in [-0.39, 0.29) is 27.1 Å². The van der Waals surface area contributed by atoms with Gasteiger partial charge in [-0.2, -0.15) is 0 Å². The Labute approximate surface area is 389 Å². The fourth-order valence-electron chi connectivity index (χ4n) is 11.0. The summed E-state index contributed by atoms with van der Waals surface area (Å²) in [6, 6.07) is 45.0. The summed E-state index contributed by atoms with van der Waals surface area (Å²) >= 11 is 0. The monoisotopic (exact) mass is 857 g/mol. The van der Waals surface area contributed by atoms with E-state index in [0.717, 1.165) is 73.5 Å². The first-order valence-corrected chi connectivity index (χ1v) is 23.7. The maximum Gasteiger partial charge on any atom is 0.0973 e. The quantitative estimate of drug-likeness (QED) is 0.177. The summed E-state index contributed by atoms with van der Waals surface area (Å²) in [7, 11) is 0. The van der Waals surface area contributed by atoms with Crippen molar-refractivity contribution in [1.29, 1.82) is 0 Å². The molecule has 0 aliphatic heterocycles. The fourth-order valence-corrected chi connectivity index (χ4v) is 11.0. The number of fused-ring (bicyclic) bond motifs is 4. The Morgan fingerprint density at radius 1 is 0.385 bits per heavy atom. The summed E-state index contributed by atoms with van der Waals surface area (Å²) in [5.41, 5.74) is 22.1. The van der Waals surface area contributed by atoms with Gasteiger partial charge in [0.1, 0.15) is 0 Å². The third kappa shape index (κ3) is 7.67. The first-order valence-electron chi connectivity index (χ1n) is 23.7. The zero-order valence-corrected chi connectivity index (χ0v) is 41.6. The van der Waals surface area contributed by atoms with Crippen LogP contribution in [0.25, 0.3) is 67.1 Å². The van der Waals surface area contributed by atoms with E-state index < -0.39 is 0 Å². The van der Waals surface area contributed by atoms with Crippen LogP contribution in [0.3, 0.4) is 0 Å². The van der Waals surface area contributed by atoms with Crippen molar-refractivity contribution >= 4 is 22.1 Å². The molecule has 2 aliphatic carbocycles. The van der Waals surface area contributed by atoms with Crippen molar-refractivity contribution < 1.29 is 0 Å². The second-order valence-electron chi connectivity index (χ2n) is 21.3. The summed E-state index contributed by atoms with van der Waals surface area (Å²) in [5.74, 6) is 0. The molecule has 4 heteroatoms. The number of hydrogen-bond donors (Lipinski definition) is 0. The minimum atomic E-state index is 0.0385. The van der Waals surface area contributed by atoms with Crippen LogP contribution in [0.2, 0.25) is 0 Å². The van der Waals surface area contributed by atoms with Gasteiger partial charge in [-0.1, -0.05) is 203 Å². The van der Waals surface area contributed by atoms with E-state index in [1.54, 1.807) is 0 Å². The highest BCUT2D eigenvalue weighted by Crippen LogP contribution is 2.63. The first kappa shape index (κ1) is 45.6. The molecule has 4 nitrogen and oxygen atoms in total. The Kier molecular flexibility index (Phi) is 11.5. The summed E-state index contributed by atoms with van der Waals surface area (Å²) < 4.78 is 0. The minimum Gasteiger partial charge on any atom is -0.244 e. The molecule has 6 aromatic carbocycles. The van der Waals surface area contributed by atoms with Gasteiger partial charge in [0.2, 0.25) is 0 Å². The second kappa shape index (κ2) is 16.5. The van der Waals surface area contributed by atoms with Crippen molar-refractivity contribution in [3.8, 4) is 45.0 Å².